The molecule has 0 amide bonds. The first-order valence-electron chi connectivity index (χ1n) is 6.30. The zero-order chi connectivity index (χ0) is 15.6. The van der Waals surface area contributed by atoms with Crippen LogP contribution in [0.1, 0.15) is 31.0 Å². The van der Waals surface area contributed by atoms with Crippen LogP contribution in [0.25, 0.3) is 0 Å². The Labute approximate surface area is 127 Å². The average molecular weight is 329 g/mol. The van der Waals surface area contributed by atoms with E-state index in [9.17, 15) is 12.8 Å². The monoisotopic (exact) mass is 329 g/mol. The third-order valence-corrected chi connectivity index (χ3v) is 5.20. The quantitative estimate of drug-likeness (QED) is 0.883. The lowest BCUT2D eigenvalue weighted by molar-refractivity contribution is 0.593. The maximum absolute atomic E-state index is 13.3. The van der Waals surface area contributed by atoms with Crippen molar-refractivity contribution in [3.05, 3.63) is 40.7 Å². The zero-order valence-electron chi connectivity index (χ0n) is 11.6. The molecule has 2 rings (SSSR count). The van der Waals surface area contributed by atoms with Crippen LogP contribution in [0.15, 0.2) is 28.5 Å². The van der Waals surface area contributed by atoms with Crippen LogP contribution < -0.4 is 10.5 Å². The lowest BCUT2D eigenvalue weighted by atomic mass is 10.2. The maximum atomic E-state index is 13.3. The summed E-state index contributed by atoms with van der Waals surface area (Å²) in [4.78, 5) is 4.04. The Kier molecular flexibility index (Phi) is 4.60. The molecule has 0 atom stereocenters. The molecule has 1 aromatic carbocycles. The molecule has 8 heteroatoms. The molecule has 3 N–H and O–H groups in total. The van der Waals surface area contributed by atoms with Crippen LogP contribution in [0.5, 0.6) is 0 Å². The van der Waals surface area contributed by atoms with Crippen molar-refractivity contribution in [2.45, 2.75) is 31.2 Å². The smallest absolute Gasteiger partial charge is 0.264 e. The number of nitrogens with two attached hydrogens (primary N) is 1. The molecule has 21 heavy (non-hydrogen) atoms. The lowest BCUT2D eigenvalue weighted by Crippen LogP contribution is -2.16. The van der Waals surface area contributed by atoms with Crippen LogP contribution >= 0.6 is 11.3 Å². The van der Waals surface area contributed by atoms with Crippen molar-refractivity contribution in [3.63, 3.8) is 0 Å². The van der Waals surface area contributed by atoms with Crippen LogP contribution in [0.3, 0.4) is 0 Å². The van der Waals surface area contributed by atoms with Gasteiger partial charge in [0.1, 0.15) is 5.82 Å². The fourth-order valence-corrected chi connectivity index (χ4v) is 4.10. The van der Waals surface area contributed by atoms with E-state index in [4.69, 9.17) is 5.73 Å². The van der Waals surface area contributed by atoms with Crippen molar-refractivity contribution < 1.29 is 12.8 Å². The molecule has 114 valence electrons. The van der Waals surface area contributed by atoms with E-state index in [1.807, 2.05) is 13.8 Å². The van der Waals surface area contributed by atoms with Gasteiger partial charge in [0.25, 0.3) is 10.0 Å². The maximum Gasteiger partial charge on any atom is 0.264 e. The second-order valence-electron chi connectivity index (χ2n) is 4.79. The average Bonchev–Trinajstić information content (AvgIpc) is 2.86. The summed E-state index contributed by atoms with van der Waals surface area (Å²) in [7, 11) is -3.91. The van der Waals surface area contributed by atoms with Gasteiger partial charge in [0.05, 0.1) is 10.6 Å². The third kappa shape index (κ3) is 3.58. The molecule has 0 aliphatic rings. The highest BCUT2D eigenvalue weighted by Crippen LogP contribution is 2.25. The number of nitrogens with one attached hydrogen (secondary N) is 1. The van der Waals surface area contributed by atoms with Gasteiger partial charge in [0.2, 0.25) is 0 Å². The predicted molar refractivity (Wildman–Crippen MR) is 81.3 cm³/mol. The normalized spacial score (nSPS) is 11.9. The highest BCUT2D eigenvalue weighted by molar-refractivity contribution is 7.93. The van der Waals surface area contributed by atoms with Gasteiger partial charge in [-0.25, -0.2) is 17.8 Å². The van der Waals surface area contributed by atoms with Crippen molar-refractivity contribution in [3.8, 4) is 0 Å². The summed E-state index contributed by atoms with van der Waals surface area (Å²) in [5.41, 5.74) is 6.66. The number of sulfonamides is 1. The number of halogens is 1. The van der Waals surface area contributed by atoms with E-state index in [0.29, 0.717) is 5.56 Å². The van der Waals surface area contributed by atoms with Gasteiger partial charge >= 0.3 is 0 Å². The molecular weight excluding hydrogens is 313 g/mol. The molecule has 0 bridgehead atoms. The van der Waals surface area contributed by atoms with E-state index in [-0.39, 0.29) is 22.5 Å². The van der Waals surface area contributed by atoms with Gasteiger partial charge in [-0.05, 0) is 23.6 Å². The number of rotatable bonds is 5. The van der Waals surface area contributed by atoms with Crippen LogP contribution in [0.2, 0.25) is 0 Å². The van der Waals surface area contributed by atoms with Crippen molar-refractivity contribution in [1.29, 1.82) is 0 Å². The fraction of sp³-hybridized carbons (Fsp3) is 0.308. The number of anilines is 1. The van der Waals surface area contributed by atoms with Crippen LogP contribution in [0, 0.1) is 5.82 Å². The van der Waals surface area contributed by atoms with Gasteiger partial charge in [-0.15, -0.1) is 11.3 Å². The van der Waals surface area contributed by atoms with Crippen molar-refractivity contribution in [2.24, 2.45) is 5.73 Å². The minimum Gasteiger partial charge on any atom is -0.326 e. The summed E-state index contributed by atoms with van der Waals surface area (Å²) in [6.07, 6.45) is 0. The molecule has 0 unspecified atom stereocenters. The number of thiazole rings is 1. The molecule has 0 spiro atoms. The Morgan fingerprint density at radius 1 is 1.43 bits per heavy atom. The summed E-state index contributed by atoms with van der Waals surface area (Å²) in [5.74, 6) is -0.428. The van der Waals surface area contributed by atoms with E-state index >= 15 is 0 Å². The molecule has 0 fully saturated rings. The highest BCUT2D eigenvalue weighted by Gasteiger charge is 2.20. The van der Waals surface area contributed by atoms with E-state index < -0.39 is 15.8 Å². The summed E-state index contributed by atoms with van der Waals surface area (Å²) < 4.78 is 40.4. The lowest BCUT2D eigenvalue weighted by Gasteiger charge is -2.09. The van der Waals surface area contributed by atoms with Crippen LogP contribution in [-0.4, -0.2) is 13.4 Å². The molecule has 1 heterocycles. The van der Waals surface area contributed by atoms with Gasteiger partial charge < -0.3 is 5.73 Å². The minimum atomic E-state index is -3.91. The Morgan fingerprint density at radius 2 is 2.14 bits per heavy atom. The number of hydrogen-bond donors (Lipinski definition) is 2. The molecule has 2 aromatic rings. The van der Waals surface area contributed by atoms with Gasteiger partial charge in [-0.2, -0.15) is 0 Å². The first-order chi connectivity index (χ1) is 9.83. The molecule has 0 saturated heterocycles. The van der Waals surface area contributed by atoms with Crippen molar-refractivity contribution in [2.75, 3.05) is 4.72 Å². The number of benzene rings is 1. The first kappa shape index (κ1) is 15.9. The van der Waals surface area contributed by atoms with Crippen molar-refractivity contribution in [1.82, 2.24) is 4.98 Å². The molecule has 5 nitrogen and oxygen atoms in total. The largest absolute Gasteiger partial charge is 0.326 e. The predicted octanol–water partition coefficient (Wildman–Crippen LogP) is 2.67. The molecule has 0 aliphatic heterocycles. The molecule has 0 saturated carbocycles. The van der Waals surface area contributed by atoms with E-state index in [2.05, 4.69) is 9.71 Å². The van der Waals surface area contributed by atoms with Gasteiger partial charge in [0, 0.05) is 11.9 Å². The Hall–Kier alpha value is -1.51. The molecule has 0 radical (unpaired) electrons. The van der Waals surface area contributed by atoms with Crippen LogP contribution in [-0.2, 0) is 16.6 Å². The number of nitrogens with zero attached hydrogens (tertiary/aromatic N) is 1. The topological polar surface area (TPSA) is 85.1 Å². The SMILES string of the molecule is CC(C)c1csc(NS(=O)(=O)c2cc(F)ccc2CN)n1. The highest BCUT2D eigenvalue weighted by atomic mass is 32.2. The fourth-order valence-electron chi connectivity index (χ4n) is 1.72. The summed E-state index contributed by atoms with van der Waals surface area (Å²) in [6, 6.07) is 3.51. The molecule has 1 aromatic heterocycles. The Balaban J connectivity index is 2.35. The third-order valence-electron chi connectivity index (χ3n) is 2.87. The zero-order valence-corrected chi connectivity index (χ0v) is 13.3. The van der Waals surface area contributed by atoms with Gasteiger partial charge in [-0.3, -0.25) is 4.72 Å². The molecular formula is C13H16FN3O2S2. The standard InChI is InChI=1S/C13H16FN3O2S2/c1-8(2)11-7-20-13(16-11)17-21(18,19)12-5-10(14)4-3-9(12)6-15/h3-5,7-8H,6,15H2,1-2H3,(H,16,17). The minimum absolute atomic E-state index is 0.00559. The van der Waals surface area contributed by atoms with E-state index in [1.165, 1.54) is 23.5 Å². The summed E-state index contributed by atoms with van der Waals surface area (Å²) in [6.45, 7) is 3.94. The van der Waals surface area contributed by atoms with Gasteiger partial charge in [0.15, 0.2) is 5.13 Å². The second-order valence-corrected chi connectivity index (χ2v) is 7.30. The molecule has 0 aliphatic carbocycles. The number of hydrogen-bond acceptors (Lipinski definition) is 5. The summed E-state index contributed by atoms with van der Waals surface area (Å²) in [5, 5.41) is 2.05. The Morgan fingerprint density at radius 3 is 2.71 bits per heavy atom. The second kappa shape index (κ2) is 6.08. The van der Waals surface area contributed by atoms with Gasteiger partial charge in [-0.1, -0.05) is 19.9 Å². The van der Waals surface area contributed by atoms with E-state index in [0.717, 1.165) is 11.8 Å². The van der Waals surface area contributed by atoms with Crippen LogP contribution in [0.4, 0.5) is 9.52 Å². The number of aromatic nitrogens is 1. The summed E-state index contributed by atoms with van der Waals surface area (Å²) >= 11 is 1.19. The van der Waals surface area contributed by atoms with E-state index in [1.54, 1.807) is 5.38 Å². The first-order valence-corrected chi connectivity index (χ1v) is 8.66. The Bertz CT molecular complexity index is 742. The van der Waals surface area contributed by atoms with Crippen molar-refractivity contribution >= 4 is 26.5 Å².